The van der Waals surface area contributed by atoms with Crippen molar-refractivity contribution in [3.8, 4) is 0 Å². The Balaban J connectivity index is 0.00000841. The predicted molar refractivity (Wildman–Crippen MR) is 128 cm³/mol. The molecular weight excluding hydrogens is 390 g/mol. The molecule has 176 valence electrons. The highest BCUT2D eigenvalue weighted by atomic mass is 35.5. The zero-order valence-corrected chi connectivity index (χ0v) is 21.0. The number of aliphatic hydroxyl groups is 1. The Morgan fingerprint density at radius 2 is 1.00 bits per heavy atom. The lowest BCUT2D eigenvalue weighted by Crippen LogP contribution is -3.00. The second-order valence-electron chi connectivity index (χ2n) is 9.59. The van der Waals surface area contributed by atoms with Crippen molar-refractivity contribution in [3.05, 3.63) is 35.9 Å². The lowest BCUT2D eigenvalue weighted by atomic mass is 10.0. The van der Waals surface area contributed by atoms with E-state index in [1.54, 1.807) is 0 Å². The van der Waals surface area contributed by atoms with E-state index in [1.807, 2.05) is 30.3 Å². The van der Waals surface area contributed by atoms with E-state index in [-0.39, 0.29) is 12.4 Å². The van der Waals surface area contributed by atoms with Crippen molar-refractivity contribution in [2.24, 2.45) is 0 Å². The van der Waals surface area contributed by atoms with Crippen LogP contribution in [0.4, 0.5) is 0 Å². The molecule has 1 unspecified atom stereocenters. The van der Waals surface area contributed by atoms with E-state index in [0.29, 0.717) is 4.48 Å². The maximum atomic E-state index is 10.6. The van der Waals surface area contributed by atoms with Gasteiger partial charge in [-0.3, -0.25) is 4.48 Å². The van der Waals surface area contributed by atoms with Gasteiger partial charge in [0.05, 0.1) is 20.6 Å². The van der Waals surface area contributed by atoms with Crippen LogP contribution in [0.2, 0.25) is 0 Å². The average Bonchev–Trinajstić information content (AvgIpc) is 2.73. The van der Waals surface area contributed by atoms with Gasteiger partial charge in [-0.05, 0) is 12.8 Å². The Morgan fingerprint density at radius 1 is 0.633 bits per heavy atom. The summed E-state index contributed by atoms with van der Waals surface area (Å²) in [6.07, 6.45) is 22.0. The Labute approximate surface area is 194 Å². The molecular formula is C27H50ClNO. The SMILES string of the molecule is CCCCCCCCCCCCCCCCCC[N+](C)(C)C(O)c1ccccc1.[Cl-]. The van der Waals surface area contributed by atoms with Gasteiger partial charge in [0, 0.05) is 5.56 Å². The smallest absolute Gasteiger partial charge is 0.217 e. The van der Waals surface area contributed by atoms with Gasteiger partial charge in [-0.25, -0.2) is 0 Å². The largest absolute Gasteiger partial charge is 1.00 e. The maximum Gasteiger partial charge on any atom is 0.217 e. The minimum atomic E-state index is -0.424. The lowest BCUT2D eigenvalue weighted by Gasteiger charge is -2.34. The highest BCUT2D eigenvalue weighted by molar-refractivity contribution is 5.15. The second kappa shape index (κ2) is 19.1. The van der Waals surface area contributed by atoms with E-state index in [9.17, 15) is 5.11 Å². The molecule has 1 rings (SSSR count). The minimum absolute atomic E-state index is 0. The fourth-order valence-corrected chi connectivity index (χ4v) is 4.22. The molecule has 2 nitrogen and oxygen atoms in total. The van der Waals surface area contributed by atoms with Crippen LogP contribution in [0.3, 0.4) is 0 Å². The van der Waals surface area contributed by atoms with Crippen LogP contribution in [0.1, 0.15) is 121 Å². The normalized spacial score (nSPS) is 12.5. The van der Waals surface area contributed by atoms with Crippen molar-refractivity contribution < 1.29 is 22.0 Å². The van der Waals surface area contributed by atoms with Gasteiger partial charge < -0.3 is 17.5 Å². The van der Waals surface area contributed by atoms with E-state index in [2.05, 4.69) is 21.0 Å². The molecule has 0 heterocycles. The first-order chi connectivity index (χ1) is 14.1. The van der Waals surface area contributed by atoms with E-state index >= 15 is 0 Å². The molecule has 0 aliphatic carbocycles. The van der Waals surface area contributed by atoms with Crippen molar-refractivity contribution >= 4 is 0 Å². The van der Waals surface area contributed by atoms with Crippen LogP contribution < -0.4 is 12.4 Å². The highest BCUT2D eigenvalue weighted by Crippen LogP contribution is 2.23. The van der Waals surface area contributed by atoms with Gasteiger partial charge in [0.15, 0.2) is 0 Å². The summed E-state index contributed by atoms with van der Waals surface area (Å²) in [6.45, 7) is 3.33. The number of aliphatic hydroxyl groups excluding tert-OH is 1. The van der Waals surface area contributed by atoms with E-state index < -0.39 is 6.23 Å². The molecule has 0 fully saturated rings. The molecule has 0 spiro atoms. The van der Waals surface area contributed by atoms with Crippen molar-refractivity contribution in [3.63, 3.8) is 0 Å². The topological polar surface area (TPSA) is 20.2 Å². The quantitative estimate of drug-likeness (QED) is 0.182. The third-order valence-corrected chi connectivity index (χ3v) is 6.35. The number of nitrogens with zero attached hydrogens (tertiary/aromatic N) is 1. The number of unbranched alkanes of at least 4 members (excludes halogenated alkanes) is 15. The molecule has 0 saturated carbocycles. The highest BCUT2D eigenvalue weighted by Gasteiger charge is 2.26. The van der Waals surface area contributed by atoms with Gasteiger partial charge in [-0.15, -0.1) is 0 Å². The number of hydrogen-bond acceptors (Lipinski definition) is 1. The Kier molecular flexibility index (Phi) is 18.8. The van der Waals surface area contributed by atoms with Crippen LogP contribution in [-0.4, -0.2) is 30.2 Å². The number of quaternary nitrogens is 1. The molecule has 0 radical (unpaired) electrons. The van der Waals surface area contributed by atoms with E-state index in [1.165, 1.54) is 103 Å². The predicted octanol–water partition coefficient (Wildman–Crippen LogP) is 5.02. The number of rotatable bonds is 19. The van der Waals surface area contributed by atoms with Crippen molar-refractivity contribution in [1.29, 1.82) is 0 Å². The van der Waals surface area contributed by atoms with Gasteiger partial charge in [0.25, 0.3) is 0 Å². The fraction of sp³-hybridized carbons (Fsp3) is 0.778. The second-order valence-corrected chi connectivity index (χ2v) is 9.59. The Morgan fingerprint density at radius 3 is 1.40 bits per heavy atom. The van der Waals surface area contributed by atoms with Gasteiger partial charge in [-0.2, -0.15) is 0 Å². The summed E-state index contributed by atoms with van der Waals surface area (Å²) in [4.78, 5) is 0. The molecule has 0 aliphatic heterocycles. The van der Waals surface area contributed by atoms with Crippen molar-refractivity contribution in [1.82, 2.24) is 0 Å². The summed E-state index contributed by atoms with van der Waals surface area (Å²) in [6, 6.07) is 10.1. The average molecular weight is 440 g/mol. The van der Waals surface area contributed by atoms with Gasteiger partial charge in [0.2, 0.25) is 6.23 Å². The summed E-state index contributed by atoms with van der Waals surface area (Å²) in [7, 11) is 4.28. The van der Waals surface area contributed by atoms with Gasteiger partial charge in [0.1, 0.15) is 0 Å². The van der Waals surface area contributed by atoms with Crippen LogP contribution in [0.5, 0.6) is 0 Å². The lowest BCUT2D eigenvalue weighted by molar-refractivity contribution is -0.944. The summed E-state index contributed by atoms with van der Waals surface area (Å²) < 4.78 is 0.655. The first-order valence-electron chi connectivity index (χ1n) is 12.6. The van der Waals surface area contributed by atoms with Crippen LogP contribution in [0.15, 0.2) is 30.3 Å². The minimum Gasteiger partial charge on any atom is -1.00 e. The maximum absolute atomic E-state index is 10.6. The van der Waals surface area contributed by atoms with Crippen LogP contribution in [-0.2, 0) is 0 Å². The Hall–Kier alpha value is -0.570. The van der Waals surface area contributed by atoms with Gasteiger partial charge >= 0.3 is 0 Å². The zero-order valence-electron chi connectivity index (χ0n) is 20.3. The molecule has 0 saturated heterocycles. The number of benzene rings is 1. The van der Waals surface area contributed by atoms with Gasteiger partial charge in [-0.1, -0.05) is 127 Å². The molecule has 1 N–H and O–H groups in total. The zero-order chi connectivity index (χ0) is 21.2. The molecule has 30 heavy (non-hydrogen) atoms. The molecule has 1 atom stereocenters. The van der Waals surface area contributed by atoms with E-state index in [0.717, 1.165) is 12.1 Å². The third kappa shape index (κ3) is 14.4. The molecule has 3 heteroatoms. The van der Waals surface area contributed by atoms with Crippen LogP contribution >= 0.6 is 0 Å². The standard InChI is InChI=1S/C27H50NO.ClH/c1-4-5-6-7-8-9-10-11-12-13-14-15-16-17-18-22-25-28(2,3)27(29)26-23-20-19-21-24-26;/h19-21,23-24,27,29H,4-18,22,25H2,1-3H3;1H/q+1;/p-1. The molecule has 1 aromatic rings. The first-order valence-corrected chi connectivity index (χ1v) is 12.6. The summed E-state index contributed by atoms with van der Waals surface area (Å²) in [5.74, 6) is 0. The molecule has 1 aromatic carbocycles. The third-order valence-electron chi connectivity index (χ3n) is 6.35. The van der Waals surface area contributed by atoms with Crippen LogP contribution in [0, 0.1) is 0 Å². The summed E-state index contributed by atoms with van der Waals surface area (Å²) in [5.41, 5.74) is 1.02. The monoisotopic (exact) mass is 439 g/mol. The molecule has 0 amide bonds. The van der Waals surface area contributed by atoms with E-state index in [4.69, 9.17) is 0 Å². The summed E-state index contributed by atoms with van der Waals surface area (Å²) in [5, 5.41) is 10.6. The Bertz CT molecular complexity index is 477. The molecule has 0 bridgehead atoms. The molecule has 0 aromatic heterocycles. The molecule has 0 aliphatic rings. The number of halogens is 1. The first kappa shape index (κ1) is 29.4. The van der Waals surface area contributed by atoms with Crippen molar-refractivity contribution in [2.75, 3.05) is 20.6 Å². The van der Waals surface area contributed by atoms with Crippen LogP contribution in [0.25, 0.3) is 0 Å². The van der Waals surface area contributed by atoms with Crippen molar-refractivity contribution in [2.45, 2.75) is 116 Å². The fourth-order valence-electron chi connectivity index (χ4n) is 4.22. The summed E-state index contributed by atoms with van der Waals surface area (Å²) >= 11 is 0. The number of hydrogen-bond donors (Lipinski definition) is 1.